The summed E-state index contributed by atoms with van der Waals surface area (Å²) in [5.41, 5.74) is 12.8. The first-order valence-electron chi connectivity index (χ1n) is 5.75. The molecule has 1 aromatic heterocycles. The maximum atomic E-state index is 13.9. The molecule has 0 spiro atoms. The third-order valence-electron chi connectivity index (χ3n) is 2.67. The molecule has 7 heteroatoms. The number of hydrogen-bond acceptors (Lipinski definition) is 4. The summed E-state index contributed by atoms with van der Waals surface area (Å²) in [6.45, 7) is 3.02. The standard InChI is InChI=1S/C12H15ClFN5/c1-7-5-18-19(6-7)3-2-17-12-9(16)4-8(15)10(13)11(12)14/h4-6,17H,2-3,15-16H2,1H3. The van der Waals surface area contributed by atoms with Gasteiger partial charge in [0.2, 0.25) is 0 Å². The predicted octanol–water partition coefficient (Wildman–Crippen LogP) is 2.26. The molecular formula is C12H15ClFN5. The first-order valence-corrected chi connectivity index (χ1v) is 6.12. The molecule has 2 rings (SSSR count). The molecule has 5 N–H and O–H groups in total. The number of benzene rings is 1. The lowest BCUT2D eigenvalue weighted by molar-refractivity contribution is 0.619. The fourth-order valence-corrected chi connectivity index (χ4v) is 1.88. The van der Waals surface area contributed by atoms with E-state index in [2.05, 4.69) is 10.4 Å². The number of anilines is 3. The Morgan fingerprint density at radius 3 is 2.79 bits per heavy atom. The van der Waals surface area contributed by atoms with Crippen molar-refractivity contribution in [1.29, 1.82) is 0 Å². The molecule has 0 radical (unpaired) electrons. The molecule has 0 aliphatic rings. The van der Waals surface area contributed by atoms with Crippen molar-refractivity contribution in [3.05, 3.63) is 34.9 Å². The molecule has 0 atom stereocenters. The zero-order chi connectivity index (χ0) is 14.0. The highest BCUT2D eigenvalue weighted by Crippen LogP contribution is 2.33. The van der Waals surface area contributed by atoms with E-state index in [1.54, 1.807) is 10.9 Å². The number of halogens is 2. The zero-order valence-electron chi connectivity index (χ0n) is 10.5. The Morgan fingerprint density at radius 1 is 1.42 bits per heavy atom. The van der Waals surface area contributed by atoms with E-state index < -0.39 is 5.82 Å². The maximum absolute atomic E-state index is 13.9. The normalized spacial score (nSPS) is 10.7. The number of nitrogens with zero attached hydrogens (tertiary/aromatic N) is 2. The number of nitrogens with one attached hydrogen (secondary N) is 1. The molecule has 0 bridgehead atoms. The van der Waals surface area contributed by atoms with Crippen LogP contribution in [0.5, 0.6) is 0 Å². The predicted molar refractivity (Wildman–Crippen MR) is 75.7 cm³/mol. The van der Waals surface area contributed by atoms with E-state index in [0.29, 0.717) is 13.1 Å². The Morgan fingerprint density at radius 2 is 2.16 bits per heavy atom. The topological polar surface area (TPSA) is 81.9 Å². The highest BCUT2D eigenvalue weighted by Gasteiger charge is 2.13. The molecule has 0 amide bonds. The number of aromatic nitrogens is 2. The van der Waals surface area contributed by atoms with Crippen LogP contribution in [-0.2, 0) is 6.54 Å². The first kappa shape index (κ1) is 13.5. The van der Waals surface area contributed by atoms with Gasteiger partial charge in [-0.1, -0.05) is 11.6 Å². The Kier molecular flexibility index (Phi) is 3.80. The van der Waals surface area contributed by atoms with E-state index in [-0.39, 0.29) is 22.1 Å². The van der Waals surface area contributed by atoms with Gasteiger partial charge in [0.15, 0.2) is 5.82 Å². The van der Waals surface area contributed by atoms with Crippen molar-refractivity contribution in [3.63, 3.8) is 0 Å². The number of aryl methyl sites for hydroxylation is 1. The average Bonchev–Trinajstić information content (AvgIpc) is 2.77. The minimum Gasteiger partial charge on any atom is -0.397 e. The molecule has 0 saturated carbocycles. The Balaban J connectivity index is 2.05. The first-order chi connectivity index (χ1) is 8.99. The van der Waals surface area contributed by atoms with Crippen molar-refractivity contribution in [2.75, 3.05) is 23.3 Å². The van der Waals surface area contributed by atoms with Gasteiger partial charge in [0.1, 0.15) is 5.02 Å². The van der Waals surface area contributed by atoms with Crippen LogP contribution in [0.15, 0.2) is 18.5 Å². The molecule has 1 heterocycles. The van der Waals surface area contributed by atoms with E-state index in [4.69, 9.17) is 23.1 Å². The van der Waals surface area contributed by atoms with Crippen molar-refractivity contribution < 1.29 is 4.39 Å². The van der Waals surface area contributed by atoms with E-state index in [1.807, 2.05) is 13.1 Å². The van der Waals surface area contributed by atoms with Crippen LogP contribution in [0.2, 0.25) is 5.02 Å². The lowest BCUT2D eigenvalue weighted by Gasteiger charge is -2.12. The van der Waals surface area contributed by atoms with Gasteiger partial charge in [-0.3, -0.25) is 4.68 Å². The summed E-state index contributed by atoms with van der Waals surface area (Å²) in [4.78, 5) is 0. The van der Waals surface area contributed by atoms with Gasteiger partial charge in [-0.25, -0.2) is 4.39 Å². The van der Waals surface area contributed by atoms with Crippen LogP contribution in [0.1, 0.15) is 5.56 Å². The van der Waals surface area contributed by atoms with Crippen molar-refractivity contribution in [1.82, 2.24) is 9.78 Å². The van der Waals surface area contributed by atoms with Gasteiger partial charge in [-0.15, -0.1) is 0 Å². The fraction of sp³-hybridized carbons (Fsp3) is 0.250. The molecular weight excluding hydrogens is 269 g/mol. The lowest BCUT2D eigenvalue weighted by Crippen LogP contribution is -2.13. The van der Waals surface area contributed by atoms with Crippen molar-refractivity contribution in [3.8, 4) is 0 Å². The molecule has 0 aliphatic heterocycles. The summed E-state index contributed by atoms with van der Waals surface area (Å²) in [5, 5.41) is 6.92. The summed E-state index contributed by atoms with van der Waals surface area (Å²) in [7, 11) is 0. The van der Waals surface area contributed by atoms with Crippen molar-refractivity contribution in [2.24, 2.45) is 0 Å². The molecule has 0 saturated heterocycles. The van der Waals surface area contributed by atoms with E-state index in [0.717, 1.165) is 5.56 Å². The van der Waals surface area contributed by atoms with Gasteiger partial charge in [0.05, 0.1) is 29.8 Å². The van der Waals surface area contributed by atoms with Gasteiger partial charge in [0.25, 0.3) is 0 Å². The maximum Gasteiger partial charge on any atom is 0.169 e. The minimum absolute atomic E-state index is 0.119. The number of nitrogen functional groups attached to an aromatic ring is 2. The second kappa shape index (κ2) is 5.36. The highest BCUT2D eigenvalue weighted by atomic mass is 35.5. The third-order valence-corrected chi connectivity index (χ3v) is 3.05. The molecule has 0 aliphatic carbocycles. The molecule has 1 aromatic carbocycles. The van der Waals surface area contributed by atoms with E-state index >= 15 is 0 Å². The molecule has 0 fully saturated rings. The molecule has 2 aromatic rings. The molecule has 19 heavy (non-hydrogen) atoms. The van der Waals surface area contributed by atoms with Crippen LogP contribution in [0.4, 0.5) is 21.5 Å². The summed E-state index contributed by atoms with van der Waals surface area (Å²) < 4.78 is 15.6. The molecule has 5 nitrogen and oxygen atoms in total. The van der Waals surface area contributed by atoms with Gasteiger partial charge < -0.3 is 16.8 Å². The Labute approximate surface area is 115 Å². The lowest BCUT2D eigenvalue weighted by atomic mass is 10.2. The Hall–Kier alpha value is -1.95. The van der Waals surface area contributed by atoms with Gasteiger partial charge in [-0.05, 0) is 18.6 Å². The van der Waals surface area contributed by atoms with Crippen LogP contribution < -0.4 is 16.8 Å². The average molecular weight is 284 g/mol. The number of rotatable bonds is 4. The third kappa shape index (κ3) is 2.90. The highest BCUT2D eigenvalue weighted by molar-refractivity contribution is 6.33. The summed E-state index contributed by atoms with van der Waals surface area (Å²) in [6, 6.07) is 1.44. The van der Waals surface area contributed by atoms with E-state index in [9.17, 15) is 4.39 Å². The number of hydrogen-bond donors (Lipinski definition) is 3. The van der Waals surface area contributed by atoms with Crippen LogP contribution in [-0.4, -0.2) is 16.3 Å². The Bertz CT molecular complexity index is 596. The van der Waals surface area contributed by atoms with Crippen molar-refractivity contribution >= 4 is 28.7 Å². The van der Waals surface area contributed by atoms with Crippen molar-refractivity contribution in [2.45, 2.75) is 13.5 Å². The van der Waals surface area contributed by atoms with E-state index in [1.165, 1.54) is 6.07 Å². The second-order valence-corrected chi connectivity index (χ2v) is 4.64. The number of nitrogens with two attached hydrogens (primary N) is 2. The quantitative estimate of drug-likeness (QED) is 0.752. The summed E-state index contributed by atoms with van der Waals surface area (Å²) in [6.07, 6.45) is 3.66. The van der Waals surface area contributed by atoms with Gasteiger partial charge in [0, 0.05) is 12.7 Å². The zero-order valence-corrected chi connectivity index (χ0v) is 11.2. The van der Waals surface area contributed by atoms with Crippen LogP contribution >= 0.6 is 11.6 Å². The largest absolute Gasteiger partial charge is 0.397 e. The van der Waals surface area contributed by atoms with Crippen LogP contribution in [0.3, 0.4) is 0 Å². The van der Waals surface area contributed by atoms with Crippen LogP contribution in [0.25, 0.3) is 0 Å². The smallest absolute Gasteiger partial charge is 0.169 e. The monoisotopic (exact) mass is 283 g/mol. The van der Waals surface area contributed by atoms with Gasteiger partial charge >= 0.3 is 0 Å². The molecule has 102 valence electrons. The van der Waals surface area contributed by atoms with Gasteiger partial charge in [-0.2, -0.15) is 5.10 Å². The SMILES string of the molecule is Cc1cnn(CCNc2c(N)cc(N)c(Cl)c2F)c1. The summed E-state index contributed by atoms with van der Waals surface area (Å²) >= 11 is 5.74. The molecule has 0 unspecified atom stereocenters. The second-order valence-electron chi connectivity index (χ2n) is 4.27. The minimum atomic E-state index is -0.629. The summed E-state index contributed by atoms with van der Waals surface area (Å²) in [5.74, 6) is -0.629. The van der Waals surface area contributed by atoms with Crippen LogP contribution in [0, 0.1) is 12.7 Å². The fourth-order valence-electron chi connectivity index (χ4n) is 1.73.